The van der Waals surface area contributed by atoms with Gasteiger partial charge in [0.25, 0.3) is 0 Å². The molecule has 0 bridgehead atoms. The first-order valence-electron chi connectivity index (χ1n) is 10.5. The molecule has 5 nitrogen and oxygen atoms in total. The molecule has 1 unspecified atom stereocenters. The van der Waals surface area contributed by atoms with E-state index < -0.39 is 17.8 Å². The molecule has 5 heteroatoms. The molecule has 156 valence electrons. The maximum atomic E-state index is 13.3. The third kappa shape index (κ3) is 4.29. The zero-order valence-electron chi connectivity index (χ0n) is 18.1. The number of Topliss-reactive ketones (excluding diaryl/α,β-unsaturated/α-hetero) is 1. The van der Waals surface area contributed by atoms with Gasteiger partial charge in [-0.25, -0.2) is 4.79 Å². The van der Waals surface area contributed by atoms with Crippen LogP contribution in [0, 0.1) is 11.3 Å². The zero-order valence-corrected chi connectivity index (χ0v) is 18.1. The Bertz CT molecular complexity index is 865. The van der Waals surface area contributed by atoms with Crippen molar-refractivity contribution in [1.82, 2.24) is 0 Å². The van der Waals surface area contributed by atoms with Crippen LogP contribution in [0.15, 0.2) is 40.5 Å². The number of para-hydroxylation sites is 1. The summed E-state index contributed by atoms with van der Waals surface area (Å²) < 4.78 is 11.4. The van der Waals surface area contributed by atoms with E-state index in [1.165, 1.54) is 0 Å². The molecule has 1 aromatic carbocycles. The number of carbonyl (C=O) groups excluding carboxylic acids is 2. The van der Waals surface area contributed by atoms with Crippen LogP contribution in [0.5, 0.6) is 5.75 Å². The summed E-state index contributed by atoms with van der Waals surface area (Å²) in [5.41, 5.74) is 2.70. The number of rotatable bonds is 6. The summed E-state index contributed by atoms with van der Waals surface area (Å²) in [5, 5.41) is 0. The second-order valence-corrected chi connectivity index (χ2v) is 8.65. The van der Waals surface area contributed by atoms with E-state index in [2.05, 4.69) is 20.8 Å². The minimum Gasteiger partial charge on any atom is -0.493 e. The van der Waals surface area contributed by atoms with E-state index in [0.717, 1.165) is 24.1 Å². The summed E-state index contributed by atoms with van der Waals surface area (Å²) in [7, 11) is 0. The molecular formula is C24H31NO4. The Kier molecular flexibility index (Phi) is 6.25. The van der Waals surface area contributed by atoms with Gasteiger partial charge in [-0.2, -0.15) is 0 Å². The summed E-state index contributed by atoms with van der Waals surface area (Å²) in [6.07, 6.45) is 2.09. The molecule has 1 aliphatic carbocycles. The summed E-state index contributed by atoms with van der Waals surface area (Å²) in [4.78, 5) is 31.0. The summed E-state index contributed by atoms with van der Waals surface area (Å²) in [6, 6.07) is 7.71. The average Bonchev–Trinajstić information content (AvgIpc) is 2.64. The Morgan fingerprint density at radius 3 is 2.59 bits per heavy atom. The Labute approximate surface area is 173 Å². The van der Waals surface area contributed by atoms with Gasteiger partial charge in [-0.1, -0.05) is 39.0 Å². The molecule has 3 rings (SSSR count). The lowest BCUT2D eigenvalue weighted by Gasteiger charge is -2.41. The van der Waals surface area contributed by atoms with Gasteiger partial charge in [-0.3, -0.25) is 9.79 Å². The molecule has 0 spiro atoms. The molecule has 1 aromatic rings. The number of ketones is 1. The summed E-state index contributed by atoms with van der Waals surface area (Å²) >= 11 is 0. The van der Waals surface area contributed by atoms with Crippen LogP contribution in [0.2, 0.25) is 0 Å². The van der Waals surface area contributed by atoms with Gasteiger partial charge in [-0.15, -0.1) is 0 Å². The maximum absolute atomic E-state index is 13.3. The van der Waals surface area contributed by atoms with Gasteiger partial charge in [0.05, 0.1) is 24.7 Å². The van der Waals surface area contributed by atoms with Crippen molar-refractivity contribution in [2.75, 3.05) is 13.2 Å². The van der Waals surface area contributed by atoms with Gasteiger partial charge in [0.15, 0.2) is 0 Å². The molecule has 0 saturated heterocycles. The number of fused-ring (bicyclic) bond motifs is 1. The van der Waals surface area contributed by atoms with Crippen LogP contribution in [-0.4, -0.2) is 30.7 Å². The fraction of sp³-hybridized carbons (Fsp3) is 0.542. The van der Waals surface area contributed by atoms with Crippen LogP contribution >= 0.6 is 0 Å². The first kappa shape index (κ1) is 21.3. The van der Waals surface area contributed by atoms with Crippen molar-refractivity contribution in [2.45, 2.75) is 59.8 Å². The quantitative estimate of drug-likeness (QED) is 0.643. The molecule has 1 heterocycles. The molecule has 1 aliphatic heterocycles. The van der Waals surface area contributed by atoms with E-state index in [0.29, 0.717) is 30.0 Å². The average molecular weight is 398 g/mol. The highest BCUT2D eigenvalue weighted by Gasteiger charge is 2.48. The van der Waals surface area contributed by atoms with Crippen molar-refractivity contribution in [3.8, 4) is 5.75 Å². The van der Waals surface area contributed by atoms with E-state index >= 15 is 0 Å². The van der Waals surface area contributed by atoms with Gasteiger partial charge in [-0.05, 0) is 38.2 Å². The van der Waals surface area contributed by atoms with Gasteiger partial charge >= 0.3 is 5.97 Å². The number of carbonyl (C=O) groups is 2. The molecule has 2 atom stereocenters. The van der Waals surface area contributed by atoms with Crippen molar-refractivity contribution >= 4 is 17.5 Å². The fourth-order valence-electron chi connectivity index (χ4n) is 4.48. The summed E-state index contributed by atoms with van der Waals surface area (Å²) in [5.74, 6) is -0.436. The Morgan fingerprint density at radius 2 is 1.90 bits per heavy atom. The number of nitrogens with zero attached hydrogens (tertiary/aromatic N) is 1. The zero-order chi connectivity index (χ0) is 21.2. The lowest BCUT2D eigenvalue weighted by atomic mass is 9.63. The Balaban J connectivity index is 2.17. The molecule has 0 aromatic heterocycles. The lowest BCUT2D eigenvalue weighted by molar-refractivity contribution is -0.139. The third-order valence-corrected chi connectivity index (χ3v) is 5.57. The van der Waals surface area contributed by atoms with Crippen molar-refractivity contribution in [3.63, 3.8) is 0 Å². The predicted molar refractivity (Wildman–Crippen MR) is 113 cm³/mol. The standard InChI is InChI=1S/C24H31NO4/c1-6-12-29-19-11-9-8-10-16(19)21-20(23(27)28-7-2)15(3)25-17-13-24(4,5)14-18(26)22(17)21/h8-11,21-22H,6-7,12-14H2,1-5H3/t21-,22?/m1/s1. The highest BCUT2D eigenvalue weighted by molar-refractivity contribution is 6.12. The second kappa shape index (κ2) is 8.52. The van der Waals surface area contributed by atoms with Crippen molar-refractivity contribution in [2.24, 2.45) is 16.3 Å². The van der Waals surface area contributed by atoms with E-state index in [1.54, 1.807) is 6.92 Å². The van der Waals surface area contributed by atoms with Crippen molar-refractivity contribution in [1.29, 1.82) is 0 Å². The van der Waals surface area contributed by atoms with Gasteiger partial charge < -0.3 is 9.47 Å². The molecular weight excluding hydrogens is 366 g/mol. The summed E-state index contributed by atoms with van der Waals surface area (Å²) in [6.45, 7) is 10.7. The van der Waals surface area contributed by atoms with Crippen LogP contribution in [0.1, 0.15) is 65.4 Å². The lowest BCUT2D eigenvalue weighted by Crippen LogP contribution is -2.44. The number of allylic oxidation sites excluding steroid dienone is 1. The number of benzene rings is 1. The van der Waals surface area contributed by atoms with Crippen molar-refractivity contribution in [3.05, 3.63) is 41.1 Å². The first-order chi connectivity index (χ1) is 13.8. The number of hydrogen-bond donors (Lipinski definition) is 0. The Hall–Kier alpha value is -2.43. The van der Waals surface area contributed by atoms with E-state index in [9.17, 15) is 9.59 Å². The van der Waals surface area contributed by atoms with Crippen LogP contribution in [0.3, 0.4) is 0 Å². The molecule has 29 heavy (non-hydrogen) atoms. The number of aliphatic imine (C=N–C) groups is 1. The van der Waals surface area contributed by atoms with Gasteiger partial charge in [0.1, 0.15) is 11.5 Å². The minimum absolute atomic E-state index is 0.128. The minimum atomic E-state index is -0.447. The van der Waals surface area contributed by atoms with Crippen LogP contribution in [-0.2, 0) is 14.3 Å². The largest absolute Gasteiger partial charge is 0.493 e. The Morgan fingerprint density at radius 1 is 1.17 bits per heavy atom. The highest BCUT2D eigenvalue weighted by Crippen LogP contribution is 2.48. The van der Waals surface area contributed by atoms with Crippen LogP contribution in [0.4, 0.5) is 0 Å². The topological polar surface area (TPSA) is 65.0 Å². The van der Waals surface area contributed by atoms with E-state index in [-0.39, 0.29) is 17.8 Å². The monoisotopic (exact) mass is 397 g/mol. The van der Waals surface area contributed by atoms with Gasteiger partial charge in [0.2, 0.25) is 0 Å². The SMILES string of the molecule is CCCOc1ccccc1[C@@H]1C(C(=O)OCC)=C(C)N=C2CC(C)(C)CC(=O)C21. The first-order valence-corrected chi connectivity index (χ1v) is 10.5. The predicted octanol–water partition coefficient (Wildman–Crippen LogP) is 4.86. The molecule has 1 fully saturated rings. The highest BCUT2D eigenvalue weighted by atomic mass is 16.5. The normalized spacial score (nSPS) is 23.3. The number of esters is 1. The number of ether oxygens (including phenoxy) is 2. The van der Waals surface area contributed by atoms with E-state index in [4.69, 9.17) is 14.5 Å². The fourth-order valence-corrected chi connectivity index (χ4v) is 4.48. The number of hydrogen-bond acceptors (Lipinski definition) is 5. The molecule has 0 N–H and O–H groups in total. The second-order valence-electron chi connectivity index (χ2n) is 8.65. The van der Waals surface area contributed by atoms with E-state index in [1.807, 2.05) is 31.2 Å². The molecule has 0 radical (unpaired) electrons. The van der Waals surface area contributed by atoms with Crippen molar-refractivity contribution < 1.29 is 19.1 Å². The molecule has 1 saturated carbocycles. The maximum Gasteiger partial charge on any atom is 0.336 e. The molecule has 2 aliphatic rings. The van der Waals surface area contributed by atoms with Crippen LogP contribution < -0.4 is 4.74 Å². The van der Waals surface area contributed by atoms with Crippen LogP contribution in [0.25, 0.3) is 0 Å². The molecule has 0 amide bonds. The third-order valence-electron chi connectivity index (χ3n) is 5.57. The smallest absolute Gasteiger partial charge is 0.336 e. The van der Waals surface area contributed by atoms with Gasteiger partial charge in [0, 0.05) is 29.3 Å².